The third kappa shape index (κ3) is 2.58. The summed E-state index contributed by atoms with van der Waals surface area (Å²) < 4.78 is 6.12. The van der Waals surface area contributed by atoms with Crippen molar-refractivity contribution in [1.82, 2.24) is 4.98 Å². The molecule has 0 spiro atoms. The lowest BCUT2D eigenvalue weighted by Crippen LogP contribution is -1.99. The lowest BCUT2D eigenvalue weighted by Gasteiger charge is -2.08. The number of benzene rings is 1. The maximum atomic E-state index is 5.17. The van der Waals surface area contributed by atoms with Crippen LogP contribution in [0.5, 0.6) is 5.75 Å². The first-order valence-electron chi connectivity index (χ1n) is 4.99. The molecule has 0 atom stereocenters. The van der Waals surface area contributed by atoms with Crippen LogP contribution in [0.15, 0.2) is 41.0 Å². The molecule has 0 saturated heterocycles. The highest BCUT2D eigenvalue weighted by molar-refractivity contribution is 9.10. The summed E-state index contributed by atoms with van der Waals surface area (Å²) in [7, 11) is 1.66. The number of hydrogen-bond donors (Lipinski definition) is 2. The van der Waals surface area contributed by atoms with E-state index in [9.17, 15) is 0 Å². The van der Waals surface area contributed by atoms with Gasteiger partial charge in [0.05, 0.1) is 18.1 Å². The summed E-state index contributed by atoms with van der Waals surface area (Å²) in [6.07, 6.45) is 1.92. The molecule has 2 N–H and O–H groups in total. The SMILES string of the molecule is COc1ccc(NCc2ccc[nH]2)cc1Br. The molecule has 3 nitrogen and oxygen atoms in total. The highest BCUT2D eigenvalue weighted by Gasteiger charge is 2.01. The lowest BCUT2D eigenvalue weighted by atomic mass is 10.3. The summed E-state index contributed by atoms with van der Waals surface area (Å²) in [5, 5.41) is 3.32. The fraction of sp³-hybridized carbons (Fsp3) is 0.167. The fourth-order valence-electron chi connectivity index (χ4n) is 1.45. The first kappa shape index (κ1) is 11.1. The topological polar surface area (TPSA) is 37.0 Å². The predicted molar refractivity (Wildman–Crippen MR) is 68.8 cm³/mol. The van der Waals surface area contributed by atoms with Gasteiger partial charge in [0, 0.05) is 17.6 Å². The molecule has 2 aromatic rings. The van der Waals surface area contributed by atoms with Gasteiger partial charge in [0.2, 0.25) is 0 Å². The van der Waals surface area contributed by atoms with Crippen molar-refractivity contribution in [1.29, 1.82) is 0 Å². The van der Waals surface area contributed by atoms with Gasteiger partial charge in [0.15, 0.2) is 0 Å². The van der Waals surface area contributed by atoms with E-state index >= 15 is 0 Å². The van der Waals surface area contributed by atoms with Crippen molar-refractivity contribution in [2.75, 3.05) is 12.4 Å². The fourth-order valence-corrected chi connectivity index (χ4v) is 1.99. The average Bonchev–Trinajstić information content (AvgIpc) is 2.79. The van der Waals surface area contributed by atoms with E-state index in [1.54, 1.807) is 7.11 Å². The lowest BCUT2D eigenvalue weighted by molar-refractivity contribution is 0.412. The van der Waals surface area contributed by atoms with Crippen LogP contribution in [0.1, 0.15) is 5.69 Å². The van der Waals surface area contributed by atoms with Crippen LogP contribution in [-0.2, 0) is 6.54 Å². The van der Waals surface area contributed by atoms with Crippen molar-refractivity contribution in [3.05, 3.63) is 46.7 Å². The van der Waals surface area contributed by atoms with E-state index in [-0.39, 0.29) is 0 Å². The molecule has 0 radical (unpaired) electrons. The van der Waals surface area contributed by atoms with E-state index in [0.29, 0.717) is 0 Å². The smallest absolute Gasteiger partial charge is 0.133 e. The molecule has 0 bridgehead atoms. The number of anilines is 1. The number of rotatable bonds is 4. The number of H-pyrrole nitrogens is 1. The molecule has 4 heteroatoms. The zero-order valence-corrected chi connectivity index (χ0v) is 10.5. The molecule has 0 fully saturated rings. The zero-order valence-electron chi connectivity index (χ0n) is 8.96. The number of halogens is 1. The minimum atomic E-state index is 0.784. The molecular formula is C12H13BrN2O. The molecule has 0 aliphatic heterocycles. The Morgan fingerprint density at radius 2 is 2.25 bits per heavy atom. The summed E-state index contributed by atoms with van der Waals surface area (Å²) in [4.78, 5) is 3.15. The van der Waals surface area contributed by atoms with Crippen molar-refractivity contribution in [3.8, 4) is 5.75 Å². The van der Waals surface area contributed by atoms with Gasteiger partial charge < -0.3 is 15.0 Å². The zero-order chi connectivity index (χ0) is 11.4. The largest absolute Gasteiger partial charge is 0.496 e. The van der Waals surface area contributed by atoms with Crippen LogP contribution in [0.4, 0.5) is 5.69 Å². The third-order valence-corrected chi connectivity index (χ3v) is 2.92. The summed E-state index contributed by atoms with van der Waals surface area (Å²) in [5.41, 5.74) is 2.22. The molecule has 1 aromatic heterocycles. The van der Waals surface area contributed by atoms with E-state index in [1.807, 2.05) is 36.5 Å². The normalized spacial score (nSPS) is 10.1. The maximum Gasteiger partial charge on any atom is 0.133 e. The minimum Gasteiger partial charge on any atom is -0.496 e. The number of ether oxygens (including phenoxy) is 1. The Hall–Kier alpha value is -1.42. The number of hydrogen-bond acceptors (Lipinski definition) is 2. The van der Waals surface area contributed by atoms with Crippen LogP contribution in [-0.4, -0.2) is 12.1 Å². The standard InChI is InChI=1S/C12H13BrN2O/c1-16-12-5-4-9(7-11(12)13)15-8-10-3-2-6-14-10/h2-7,14-15H,8H2,1H3. The Kier molecular flexibility index (Phi) is 3.51. The molecule has 2 rings (SSSR count). The minimum absolute atomic E-state index is 0.784. The van der Waals surface area contributed by atoms with E-state index in [0.717, 1.165) is 28.1 Å². The Labute approximate surface area is 103 Å². The number of nitrogens with one attached hydrogen (secondary N) is 2. The molecular weight excluding hydrogens is 268 g/mol. The second-order valence-electron chi connectivity index (χ2n) is 3.40. The van der Waals surface area contributed by atoms with Gasteiger partial charge >= 0.3 is 0 Å². The molecule has 0 aliphatic carbocycles. The molecule has 1 heterocycles. The Bertz CT molecular complexity index is 454. The number of aromatic nitrogens is 1. The molecule has 16 heavy (non-hydrogen) atoms. The summed E-state index contributed by atoms with van der Waals surface area (Å²) in [6, 6.07) is 9.96. The quantitative estimate of drug-likeness (QED) is 0.901. The molecule has 84 valence electrons. The highest BCUT2D eigenvalue weighted by atomic mass is 79.9. The first-order chi connectivity index (χ1) is 7.79. The molecule has 0 saturated carbocycles. The van der Waals surface area contributed by atoms with Gasteiger partial charge in [-0.25, -0.2) is 0 Å². The van der Waals surface area contributed by atoms with Crippen molar-refractivity contribution in [3.63, 3.8) is 0 Å². The van der Waals surface area contributed by atoms with E-state index in [4.69, 9.17) is 4.74 Å². The second-order valence-corrected chi connectivity index (χ2v) is 4.25. The van der Waals surface area contributed by atoms with Crippen LogP contribution in [0.25, 0.3) is 0 Å². The van der Waals surface area contributed by atoms with E-state index in [1.165, 1.54) is 0 Å². The molecule has 0 amide bonds. The predicted octanol–water partition coefficient (Wildman–Crippen LogP) is 3.40. The van der Waals surface area contributed by atoms with Gasteiger partial charge in [-0.2, -0.15) is 0 Å². The summed E-state index contributed by atoms with van der Waals surface area (Å²) in [5.74, 6) is 0.838. The molecule has 0 unspecified atom stereocenters. The van der Waals surface area contributed by atoms with Crippen molar-refractivity contribution >= 4 is 21.6 Å². The average molecular weight is 281 g/mol. The monoisotopic (exact) mass is 280 g/mol. The second kappa shape index (κ2) is 5.07. The molecule has 1 aromatic carbocycles. The van der Waals surface area contributed by atoms with Crippen molar-refractivity contribution in [2.24, 2.45) is 0 Å². The number of methoxy groups -OCH3 is 1. The van der Waals surface area contributed by atoms with E-state index in [2.05, 4.69) is 26.2 Å². The van der Waals surface area contributed by atoms with Gasteiger partial charge in [-0.15, -0.1) is 0 Å². The summed E-state index contributed by atoms with van der Waals surface area (Å²) >= 11 is 3.45. The highest BCUT2D eigenvalue weighted by Crippen LogP contribution is 2.27. The van der Waals surface area contributed by atoms with Crippen molar-refractivity contribution in [2.45, 2.75) is 6.54 Å². The van der Waals surface area contributed by atoms with Gasteiger partial charge in [-0.3, -0.25) is 0 Å². The van der Waals surface area contributed by atoms with Gasteiger partial charge in [0.25, 0.3) is 0 Å². The molecule has 0 aliphatic rings. The third-order valence-electron chi connectivity index (χ3n) is 2.30. The van der Waals surface area contributed by atoms with Crippen LogP contribution < -0.4 is 10.1 Å². The van der Waals surface area contributed by atoms with Crippen LogP contribution >= 0.6 is 15.9 Å². The van der Waals surface area contributed by atoms with Crippen LogP contribution in [0.3, 0.4) is 0 Å². The van der Waals surface area contributed by atoms with Crippen molar-refractivity contribution < 1.29 is 4.74 Å². The summed E-state index contributed by atoms with van der Waals surface area (Å²) in [6.45, 7) is 0.784. The Morgan fingerprint density at radius 1 is 1.38 bits per heavy atom. The van der Waals surface area contributed by atoms with Gasteiger partial charge in [-0.05, 0) is 46.3 Å². The Morgan fingerprint density at radius 3 is 2.88 bits per heavy atom. The van der Waals surface area contributed by atoms with Crippen LogP contribution in [0, 0.1) is 0 Å². The van der Waals surface area contributed by atoms with Gasteiger partial charge in [0.1, 0.15) is 5.75 Å². The first-order valence-corrected chi connectivity index (χ1v) is 5.78. The Balaban J connectivity index is 2.02. The van der Waals surface area contributed by atoms with Gasteiger partial charge in [-0.1, -0.05) is 0 Å². The van der Waals surface area contributed by atoms with Crippen LogP contribution in [0.2, 0.25) is 0 Å². The number of aromatic amines is 1. The van der Waals surface area contributed by atoms with E-state index < -0.39 is 0 Å². The maximum absolute atomic E-state index is 5.17.